The first-order valence-electron chi connectivity index (χ1n) is 8.87. The second kappa shape index (κ2) is 7.34. The zero-order valence-corrected chi connectivity index (χ0v) is 15.6. The van der Waals surface area contributed by atoms with E-state index in [2.05, 4.69) is 15.3 Å². The molecule has 0 spiro atoms. The number of anilines is 1. The van der Waals surface area contributed by atoms with Crippen LogP contribution in [-0.2, 0) is 4.74 Å². The lowest BCUT2D eigenvalue weighted by Crippen LogP contribution is -2.47. The van der Waals surface area contributed by atoms with Crippen LogP contribution in [0.1, 0.15) is 33.6 Å². The molecule has 2 heterocycles. The average Bonchev–Trinajstić information content (AvgIpc) is 2.60. The normalized spacial score (nSPS) is 17.6. The Kier molecular flexibility index (Phi) is 5.11. The number of non-ortho nitro benzene ring substituents is 1. The summed E-state index contributed by atoms with van der Waals surface area (Å²) in [6, 6.07) is 4.43. The highest BCUT2D eigenvalue weighted by atomic mass is 16.6. The Hall–Kier alpha value is -2.97. The van der Waals surface area contributed by atoms with Gasteiger partial charge in [0.15, 0.2) is 0 Å². The summed E-state index contributed by atoms with van der Waals surface area (Å²) in [7, 11) is 0. The SMILES string of the molecule is CC(C)(C)OC(=O)N1CCC[C@H](Nc2cnc3cc([N+](=O)[O-])ccc3n2)C1. The third-order valence-electron chi connectivity index (χ3n) is 4.16. The molecule has 1 aliphatic heterocycles. The third-order valence-corrected chi connectivity index (χ3v) is 4.16. The molecule has 2 aromatic rings. The van der Waals surface area contributed by atoms with Gasteiger partial charge in [0.2, 0.25) is 0 Å². The minimum Gasteiger partial charge on any atom is -0.444 e. The molecular weight excluding hydrogens is 350 g/mol. The van der Waals surface area contributed by atoms with Gasteiger partial charge in [0, 0.05) is 31.3 Å². The van der Waals surface area contributed by atoms with Crippen LogP contribution in [0.3, 0.4) is 0 Å². The number of ether oxygens (including phenoxy) is 1. The highest BCUT2D eigenvalue weighted by Gasteiger charge is 2.27. The van der Waals surface area contributed by atoms with E-state index in [1.165, 1.54) is 12.1 Å². The molecule has 0 radical (unpaired) electrons. The number of aromatic nitrogens is 2. The summed E-state index contributed by atoms with van der Waals surface area (Å²) >= 11 is 0. The van der Waals surface area contributed by atoms with Gasteiger partial charge >= 0.3 is 6.09 Å². The van der Waals surface area contributed by atoms with E-state index in [0.717, 1.165) is 12.8 Å². The minimum absolute atomic E-state index is 0.0159. The molecule has 1 atom stereocenters. The van der Waals surface area contributed by atoms with Gasteiger partial charge in [-0.25, -0.2) is 9.78 Å². The summed E-state index contributed by atoms with van der Waals surface area (Å²) in [6.45, 7) is 6.73. The quantitative estimate of drug-likeness (QED) is 0.649. The van der Waals surface area contributed by atoms with Gasteiger partial charge < -0.3 is 15.0 Å². The Morgan fingerprint density at radius 2 is 2.15 bits per heavy atom. The van der Waals surface area contributed by atoms with Gasteiger partial charge in [-0.1, -0.05) is 0 Å². The van der Waals surface area contributed by atoms with Crippen molar-refractivity contribution in [3.05, 3.63) is 34.5 Å². The van der Waals surface area contributed by atoms with E-state index in [0.29, 0.717) is 29.9 Å². The first kappa shape index (κ1) is 18.8. The molecule has 144 valence electrons. The van der Waals surface area contributed by atoms with Gasteiger partial charge in [0.1, 0.15) is 11.4 Å². The van der Waals surface area contributed by atoms with Crippen molar-refractivity contribution in [2.24, 2.45) is 0 Å². The van der Waals surface area contributed by atoms with Crippen molar-refractivity contribution in [1.82, 2.24) is 14.9 Å². The number of rotatable bonds is 3. The van der Waals surface area contributed by atoms with Crippen molar-refractivity contribution in [1.29, 1.82) is 0 Å². The molecular formula is C18H23N5O4. The number of fused-ring (bicyclic) bond motifs is 1. The number of carbonyl (C=O) groups excluding carboxylic acids is 1. The van der Waals surface area contributed by atoms with E-state index < -0.39 is 10.5 Å². The highest BCUT2D eigenvalue weighted by Crippen LogP contribution is 2.21. The van der Waals surface area contributed by atoms with Gasteiger partial charge in [0.25, 0.3) is 5.69 Å². The molecule has 1 fully saturated rings. The Labute approximate surface area is 156 Å². The molecule has 1 aromatic heterocycles. The largest absolute Gasteiger partial charge is 0.444 e. The van der Waals surface area contributed by atoms with Crippen molar-refractivity contribution >= 4 is 28.6 Å². The van der Waals surface area contributed by atoms with Crippen LogP contribution in [0.4, 0.5) is 16.3 Å². The van der Waals surface area contributed by atoms with Crippen molar-refractivity contribution in [2.75, 3.05) is 18.4 Å². The number of nitro benzene ring substituents is 1. The molecule has 9 nitrogen and oxygen atoms in total. The number of benzene rings is 1. The minimum atomic E-state index is -0.524. The second-order valence-electron chi connectivity index (χ2n) is 7.60. The summed E-state index contributed by atoms with van der Waals surface area (Å²) in [5, 5.41) is 14.2. The molecule has 0 saturated carbocycles. The van der Waals surface area contributed by atoms with Crippen molar-refractivity contribution in [3.8, 4) is 0 Å². The van der Waals surface area contributed by atoms with E-state index in [9.17, 15) is 14.9 Å². The maximum absolute atomic E-state index is 12.3. The number of nitro groups is 1. The zero-order valence-electron chi connectivity index (χ0n) is 15.6. The summed E-state index contributed by atoms with van der Waals surface area (Å²) in [5.74, 6) is 0.576. The molecule has 1 amide bonds. The van der Waals surface area contributed by atoms with Gasteiger partial charge in [-0.2, -0.15) is 0 Å². The lowest BCUT2D eigenvalue weighted by Gasteiger charge is -2.34. The van der Waals surface area contributed by atoms with Crippen molar-refractivity contribution < 1.29 is 14.5 Å². The van der Waals surface area contributed by atoms with Crippen LogP contribution >= 0.6 is 0 Å². The van der Waals surface area contributed by atoms with Gasteiger partial charge in [-0.05, 0) is 39.7 Å². The summed E-state index contributed by atoms with van der Waals surface area (Å²) < 4.78 is 5.44. The molecule has 1 aliphatic rings. The Morgan fingerprint density at radius 1 is 1.37 bits per heavy atom. The van der Waals surface area contributed by atoms with Crippen molar-refractivity contribution in [3.63, 3.8) is 0 Å². The number of amides is 1. The number of hydrogen-bond donors (Lipinski definition) is 1. The van der Waals surface area contributed by atoms with Gasteiger partial charge in [0.05, 0.1) is 22.2 Å². The van der Waals surface area contributed by atoms with E-state index in [1.54, 1.807) is 17.2 Å². The lowest BCUT2D eigenvalue weighted by molar-refractivity contribution is -0.384. The first-order valence-corrected chi connectivity index (χ1v) is 8.87. The molecule has 1 saturated heterocycles. The molecule has 0 unspecified atom stereocenters. The molecule has 27 heavy (non-hydrogen) atoms. The van der Waals surface area contributed by atoms with E-state index in [4.69, 9.17) is 4.74 Å². The number of carbonyl (C=O) groups is 1. The van der Waals surface area contributed by atoms with Crippen molar-refractivity contribution in [2.45, 2.75) is 45.3 Å². The van der Waals surface area contributed by atoms with Crippen LogP contribution in [0.25, 0.3) is 11.0 Å². The number of hydrogen-bond acceptors (Lipinski definition) is 7. The third kappa shape index (κ3) is 4.81. The van der Waals surface area contributed by atoms with Crippen LogP contribution in [-0.4, -0.2) is 50.6 Å². The van der Waals surface area contributed by atoms with Crippen LogP contribution < -0.4 is 5.32 Å². The number of piperidine rings is 1. The highest BCUT2D eigenvalue weighted by molar-refractivity contribution is 5.78. The maximum atomic E-state index is 12.3. The monoisotopic (exact) mass is 373 g/mol. The zero-order chi connectivity index (χ0) is 19.6. The standard InChI is InChI=1S/C18H23N5O4/c1-18(2,3)27-17(24)22-8-4-5-12(11-22)20-16-10-19-15-9-13(23(25)26)6-7-14(15)21-16/h6-7,9-10,12H,4-5,8,11H2,1-3H3,(H,20,21)/t12-/m0/s1. The second-order valence-corrected chi connectivity index (χ2v) is 7.60. The maximum Gasteiger partial charge on any atom is 0.410 e. The Bertz CT molecular complexity index is 864. The molecule has 9 heteroatoms. The predicted molar refractivity (Wildman–Crippen MR) is 101 cm³/mol. The molecule has 1 aromatic carbocycles. The Balaban J connectivity index is 1.68. The number of nitrogens with one attached hydrogen (secondary N) is 1. The average molecular weight is 373 g/mol. The molecule has 0 aliphatic carbocycles. The number of likely N-dealkylation sites (tertiary alicyclic amines) is 1. The van der Waals surface area contributed by atoms with Gasteiger partial charge in [-0.3, -0.25) is 15.1 Å². The van der Waals surface area contributed by atoms with Crippen LogP contribution in [0, 0.1) is 10.1 Å². The first-order chi connectivity index (χ1) is 12.7. The fraction of sp³-hybridized carbons (Fsp3) is 0.500. The van der Waals surface area contributed by atoms with Gasteiger partial charge in [-0.15, -0.1) is 0 Å². The predicted octanol–water partition coefficient (Wildman–Crippen LogP) is 3.35. The van der Waals surface area contributed by atoms with Crippen LogP contribution in [0.5, 0.6) is 0 Å². The summed E-state index contributed by atoms with van der Waals surface area (Å²) in [5.41, 5.74) is 0.501. The summed E-state index contributed by atoms with van der Waals surface area (Å²) in [4.78, 5) is 33.1. The Morgan fingerprint density at radius 3 is 2.85 bits per heavy atom. The topological polar surface area (TPSA) is 110 Å². The molecule has 0 bridgehead atoms. The smallest absolute Gasteiger partial charge is 0.410 e. The molecule has 1 N–H and O–H groups in total. The summed E-state index contributed by atoms with van der Waals surface area (Å²) in [6.07, 6.45) is 3.01. The van der Waals surface area contributed by atoms with E-state index in [1.807, 2.05) is 20.8 Å². The molecule has 3 rings (SSSR count). The lowest BCUT2D eigenvalue weighted by atomic mass is 10.1. The fourth-order valence-corrected chi connectivity index (χ4v) is 2.98. The van der Waals surface area contributed by atoms with E-state index >= 15 is 0 Å². The van der Waals surface area contributed by atoms with Crippen LogP contribution in [0.15, 0.2) is 24.4 Å². The number of nitrogens with zero attached hydrogens (tertiary/aromatic N) is 4. The van der Waals surface area contributed by atoms with E-state index in [-0.39, 0.29) is 17.8 Å². The fourth-order valence-electron chi connectivity index (χ4n) is 2.98. The van der Waals surface area contributed by atoms with Crippen LogP contribution in [0.2, 0.25) is 0 Å².